The lowest BCUT2D eigenvalue weighted by molar-refractivity contribution is -0.134. The number of hydroxylamine groups is 1. The molecule has 2 amide bonds. The molecule has 0 aliphatic rings. The second-order valence-corrected chi connectivity index (χ2v) is 5.45. The molecule has 6 heteroatoms. The minimum Gasteiger partial charge on any atom is -0.352 e. The van der Waals surface area contributed by atoms with Crippen molar-refractivity contribution in [1.82, 2.24) is 10.8 Å². The number of nitrogens with one attached hydrogen (secondary N) is 2. The van der Waals surface area contributed by atoms with E-state index in [1.165, 1.54) is 11.3 Å². The molecule has 5 nitrogen and oxygen atoms in total. The number of rotatable bonds is 8. The average Bonchev–Trinajstić information content (AvgIpc) is 3.07. The topological polar surface area (TPSA) is 67.4 Å². The van der Waals surface area contributed by atoms with E-state index in [0.29, 0.717) is 31.6 Å². The van der Waals surface area contributed by atoms with Crippen LogP contribution in [0.5, 0.6) is 0 Å². The summed E-state index contributed by atoms with van der Waals surface area (Å²) in [7, 11) is 0. The molecule has 2 rings (SSSR count). The molecule has 0 fully saturated rings. The predicted octanol–water partition coefficient (Wildman–Crippen LogP) is 2.51. The van der Waals surface area contributed by atoms with Crippen molar-refractivity contribution in [3.05, 3.63) is 58.3 Å². The van der Waals surface area contributed by atoms with Crippen LogP contribution in [-0.4, -0.2) is 18.4 Å². The lowest BCUT2D eigenvalue weighted by Gasteiger charge is -2.06. The molecule has 1 aromatic heterocycles. The van der Waals surface area contributed by atoms with Gasteiger partial charge in [-0.05, 0) is 23.4 Å². The molecule has 0 aliphatic heterocycles. The minimum absolute atomic E-state index is 0.109. The first-order chi connectivity index (χ1) is 10.8. The highest BCUT2D eigenvalue weighted by molar-refractivity contribution is 7.08. The Morgan fingerprint density at radius 1 is 1.14 bits per heavy atom. The molecule has 0 bridgehead atoms. The van der Waals surface area contributed by atoms with E-state index in [1.807, 2.05) is 35.7 Å². The van der Waals surface area contributed by atoms with Gasteiger partial charge in [0.25, 0.3) is 5.91 Å². The lowest BCUT2D eigenvalue weighted by Crippen LogP contribution is -2.27. The summed E-state index contributed by atoms with van der Waals surface area (Å²) >= 11 is 1.48. The molecule has 1 heterocycles. The Labute approximate surface area is 133 Å². The Kier molecular flexibility index (Phi) is 6.60. The largest absolute Gasteiger partial charge is 0.352 e. The first-order valence-corrected chi connectivity index (χ1v) is 7.95. The van der Waals surface area contributed by atoms with Gasteiger partial charge < -0.3 is 5.32 Å². The number of hydrogen-bond donors (Lipinski definition) is 2. The molecule has 0 atom stereocenters. The summed E-state index contributed by atoms with van der Waals surface area (Å²) in [6, 6.07) is 11.4. The van der Waals surface area contributed by atoms with Crippen LogP contribution in [0.1, 0.15) is 28.8 Å². The van der Waals surface area contributed by atoms with Gasteiger partial charge in [-0.1, -0.05) is 30.3 Å². The fourth-order valence-corrected chi connectivity index (χ4v) is 2.41. The highest BCUT2D eigenvalue weighted by Crippen LogP contribution is 2.05. The van der Waals surface area contributed by atoms with E-state index < -0.39 is 0 Å². The molecule has 0 unspecified atom stereocenters. The molecule has 0 radical (unpaired) electrons. The number of hydrogen-bond acceptors (Lipinski definition) is 4. The monoisotopic (exact) mass is 318 g/mol. The van der Waals surface area contributed by atoms with E-state index in [0.717, 1.165) is 5.56 Å². The lowest BCUT2D eigenvalue weighted by atomic mass is 10.2. The van der Waals surface area contributed by atoms with Crippen molar-refractivity contribution < 1.29 is 14.4 Å². The van der Waals surface area contributed by atoms with Gasteiger partial charge in [0.1, 0.15) is 0 Å². The Bertz CT molecular complexity index is 585. The van der Waals surface area contributed by atoms with Crippen molar-refractivity contribution in [2.75, 3.05) is 6.54 Å². The summed E-state index contributed by atoms with van der Waals surface area (Å²) in [6.45, 7) is 0.794. The van der Waals surface area contributed by atoms with Gasteiger partial charge in [0.2, 0.25) is 5.91 Å². The van der Waals surface area contributed by atoms with Crippen LogP contribution in [0.15, 0.2) is 47.2 Å². The van der Waals surface area contributed by atoms with Gasteiger partial charge in [-0.3, -0.25) is 14.4 Å². The Hall–Kier alpha value is -2.18. The van der Waals surface area contributed by atoms with Crippen LogP contribution in [-0.2, 0) is 16.2 Å². The Morgan fingerprint density at radius 2 is 1.95 bits per heavy atom. The standard InChI is InChI=1S/C16H18N2O3S/c19-15(18-21-11-13-5-2-1-3-6-13)7-4-9-17-16(20)14-8-10-22-12-14/h1-3,5-6,8,10,12H,4,7,9,11H2,(H,17,20)(H,18,19). The molecule has 0 saturated heterocycles. The molecule has 22 heavy (non-hydrogen) atoms. The van der Waals surface area contributed by atoms with Crippen LogP contribution in [0, 0.1) is 0 Å². The van der Waals surface area contributed by atoms with Crippen molar-refractivity contribution in [3.8, 4) is 0 Å². The molecule has 2 aromatic rings. The maximum atomic E-state index is 11.6. The summed E-state index contributed by atoms with van der Waals surface area (Å²) < 4.78 is 0. The number of thiophene rings is 1. The zero-order valence-electron chi connectivity index (χ0n) is 12.1. The summed E-state index contributed by atoms with van der Waals surface area (Å²) in [5.41, 5.74) is 4.04. The van der Waals surface area contributed by atoms with E-state index >= 15 is 0 Å². The quantitative estimate of drug-likeness (QED) is 0.580. The number of benzene rings is 1. The average molecular weight is 318 g/mol. The fourth-order valence-electron chi connectivity index (χ4n) is 1.77. The first kappa shape index (κ1) is 16.2. The van der Waals surface area contributed by atoms with Crippen LogP contribution in [0.25, 0.3) is 0 Å². The summed E-state index contributed by atoms with van der Waals surface area (Å²) in [5.74, 6) is -0.303. The summed E-state index contributed by atoms with van der Waals surface area (Å²) in [5, 5.41) is 6.41. The van der Waals surface area contributed by atoms with Crippen molar-refractivity contribution in [1.29, 1.82) is 0 Å². The smallest absolute Gasteiger partial charge is 0.252 e. The SMILES string of the molecule is O=C(CCCNC(=O)c1ccsc1)NOCc1ccccc1. The highest BCUT2D eigenvalue weighted by atomic mass is 32.1. The molecular weight excluding hydrogens is 300 g/mol. The van der Waals surface area contributed by atoms with Gasteiger partial charge >= 0.3 is 0 Å². The van der Waals surface area contributed by atoms with Crippen molar-refractivity contribution in [2.24, 2.45) is 0 Å². The summed E-state index contributed by atoms with van der Waals surface area (Å²) in [6.07, 6.45) is 0.870. The van der Waals surface area contributed by atoms with E-state index in [-0.39, 0.29) is 11.8 Å². The maximum absolute atomic E-state index is 11.6. The molecule has 0 spiro atoms. The van der Waals surface area contributed by atoms with E-state index in [9.17, 15) is 9.59 Å². The van der Waals surface area contributed by atoms with Crippen LogP contribution >= 0.6 is 11.3 Å². The van der Waals surface area contributed by atoms with E-state index in [2.05, 4.69) is 10.8 Å². The van der Waals surface area contributed by atoms with Crippen molar-refractivity contribution in [2.45, 2.75) is 19.4 Å². The van der Waals surface area contributed by atoms with Crippen molar-refractivity contribution >= 4 is 23.2 Å². The normalized spacial score (nSPS) is 10.2. The predicted molar refractivity (Wildman–Crippen MR) is 85.3 cm³/mol. The van der Waals surface area contributed by atoms with Gasteiger partial charge in [0.05, 0.1) is 6.61 Å². The molecule has 1 aromatic carbocycles. The van der Waals surface area contributed by atoms with E-state index in [1.54, 1.807) is 11.4 Å². The van der Waals surface area contributed by atoms with Crippen molar-refractivity contribution in [3.63, 3.8) is 0 Å². The zero-order valence-corrected chi connectivity index (χ0v) is 12.9. The molecular formula is C16H18N2O3S. The number of amides is 2. The third-order valence-electron chi connectivity index (χ3n) is 2.92. The van der Waals surface area contributed by atoms with Gasteiger partial charge in [-0.15, -0.1) is 0 Å². The molecule has 0 aliphatic carbocycles. The second-order valence-electron chi connectivity index (χ2n) is 4.67. The first-order valence-electron chi connectivity index (χ1n) is 7.00. The molecule has 2 N–H and O–H groups in total. The fraction of sp³-hybridized carbons (Fsp3) is 0.250. The molecule has 116 valence electrons. The van der Waals surface area contributed by atoms with Crippen LogP contribution < -0.4 is 10.8 Å². The van der Waals surface area contributed by atoms with Crippen LogP contribution in [0.2, 0.25) is 0 Å². The van der Waals surface area contributed by atoms with Gasteiger partial charge in [-0.2, -0.15) is 11.3 Å². The van der Waals surface area contributed by atoms with Crippen LogP contribution in [0.3, 0.4) is 0 Å². The second kappa shape index (κ2) is 8.96. The summed E-state index contributed by atoms with van der Waals surface area (Å²) in [4.78, 5) is 28.3. The maximum Gasteiger partial charge on any atom is 0.252 e. The Balaban J connectivity index is 1.53. The van der Waals surface area contributed by atoms with Crippen LogP contribution in [0.4, 0.5) is 0 Å². The van der Waals surface area contributed by atoms with Gasteiger partial charge in [-0.25, -0.2) is 5.48 Å². The third kappa shape index (κ3) is 5.67. The van der Waals surface area contributed by atoms with Gasteiger partial charge in [0.15, 0.2) is 0 Å². The molecule has 0 saturated carbocycles. The number of carbonyl (C=O) groups excluding carboxylic acids is 2. The van der Waals surface area contributed by atoms with Gasteiger partial charge in [0, 0.05) is 23.9 Å². The number of carbonyl (C=O) groups is 2. The van der Waals surface area contributed by atoms with E-state index in [4.69, 9.17) is 4.84 Å². The Morgan fingerprint density at radius 3 is 2.68 bits per heavy atom. The minimum atomic E-state index is -0.194. The third-order valence-corrected chi connectivity index (χ3v) is 3.60. The highest BCUT2D eigenvalue weighted by Gasteiger charge is 2.06. The zero-order chi connectivity index (χ0) is 15.6.